The first-order valence-corrected chi connectivity index (χ1v) is 6.26. The van der Waals surface area contributed by atoms with Crippen molar-refractivity contribution in [1.82, 2.24) is 0 Å². The summed E-state index contributed by atoms with van der Waals surface area (Å²) in [6.07, 6.45) is 0. The molecule has 5 heteroatoms. The molecular formula is C13H8BrClFNO. The van der Waals surface area contributed by atoms with Gasteiger partial charge in [-0.1, -0.05) is 17.7 Å². The Hall–Kier alpha value is -1.39. The number of carbonyl (C=O) groups is 1. The molecule has 0 aliphatic heterocycles. The number of benzene rings is 2. The minimum Gasteiger partial charge on any atom is -0.321 e. The quantitative estimate of drug-likeness (QED) is 0.864. The second kappa shape index (κ2) is 5.50. The van der Waals surface area contributed by atoms with Crippen molar-refractivity contribution in [2.75, 3.05) is 5.32 Å². The van der Waals surface area contributed by atoms with Crippen LogP contribution in [-0.4, -0.2) is 5.91 Å². The molecule has 2 aromatic rings. The van der Waals surface area contributed by atoms with Gasteiger partial charge in [0.1, 0.15) is 5.82 Å². The lowest BCUT2D eigenvalue weighted by Crippen LogP contribution is -2.12. The van der Waals surface area contributed by atoms with Crippen molar-refractivity contribution in [3.63, 3.8) is 0 Å². The van der Waals surface area contributed by atoms with Gasteiger partial charge in [-0.05, 0) is 52.3 Å². The van der Waals surface area contributed by atoms with E-state index >= 15 is 0 Å². The Labute approximate surface area is 117 Å². The van der Waals surface area contributed by atoms with Crippen molar-refractivity contribution in [3.05, 3.63) is 63.3 Å². The highest BCUT2D eigenvalue weighted by Crippen LogP contribution is 2.30. The minimum atomic E-state index is -0.379. The van der Waals surface area contributed by atoms with Gasteiger partial charge >= 0.3 is 0 Å². The Kier molecular flexibility index (Phi) is 3.99. The predicted molar refractivity (Wildman–Crippen MR) is 73.5 cm³/mol. The summed E-state index contributed by atoms with van der Waals surface area (Å²) in [7, 11) is 0. The van der Waals surface area contributed by atoms with Gasteiger partial charge in [0.25, 0.3) is 5.91 Å². The molecule has 92 valence electrons. The highest BCUT2D eigenvalue weighted by molar-refractivity contribution is 9.10. The van der Waals surface area contributed by atoms with E-state index in [9.17, 15) is 9.18 Å². The fraction of sp³-hybridized carbons (Fsp3) is 0. The third kappa shape index (κ3) is 2.89. The third-order valence-corrected chi connectivity index (χ3v) is 3.70. The molecule has 18 heavy (non-hydrogen) atoms. The first-order chi connectivity index (χ1) is 8.58. The molecule has 0 atom stereocenters. The Morgan fingerprint density at radius 3 is 2.50 bits per heavy atom. The Balaban J connectivity index is 2.21. The van der Waals surface area contributed by atoms with E-state index in [1.165, 1.54) is 24.3 Å². The molecule has 2 aromatic carbocycles. The number of nitrogens with one attached hydrogen (secondary N) is 1. The van der Waals surface area contributed by atoms with E-state index in [0.29, 0.717) is 20.7 Å². The lowest BCUT2D eigenvalue weighted by atomic mass is 10.2. The van der Waals surface area contributed by atoms with Crippen molar-refractivity contribution < 1.29 is 9.18 Å². The third-order valence-electron chi connectivity index (χ3n) is 2.31. The van der Waals surface area contributed by atoms with E-state index in [1.807, 2.05) is 0 Å². The van der Waals surface area contributed by atoms with Crippen LogP contribution in [0, 0.1) is 5.82 Å². The van der Waals surface area contributed by atoms with Gasteiger partial charge in [0, 0.05) is 5.56 Å². The minimum absolute atomic E-state index is 0.321. The van der Waals surface area contributed by atoms with E-state index in [1.54, 1.807) is 18.2 Å². The van der Waals surface area contributed by atoms with E-state index in [4.69, 9.17) is 11.6 Å². The van der Waals surface area contributed by atoms with E-state index in [2.05, 4.69) is 21.2 Å². The molecule has 0 aromatic heterocycles. The zero-order chi connectivity index (χ0) is 13.1. The summed E-state index contributed by atoms with van der Waals surface area (Å²) in [5.41, 5.74) is 0.945. The van der Waals surface area contributed by atoms with Crippen LogP contribution in [0.2, 0.25) is 5.02 Å². The summed E-state index contributed by atoms with van der Waals surface area (Å²) in [6.45, 7) is 0. The molecule has 0 aliphatic carbocycles. The van der Waals surface area contributed by atoms with Crippen LogP contribution in [0.5, 0.6) is 0 Å². The smallest absolute Gasteiger partial charge is 0.255 e. The Morgan fingerprint density at radius 2 is 1.83 bits per heavy atom. The number of carbonyl (C=O) groups excluding carboxylic acids is 1. The van der Waals surface area contributed by atoms with Gasteiger partial charge in [-0.3, -0.25) is 4.79 Å². The number of halogens is 3. The summed E-state index contributed by atoms with van der Waals surface area (Å²) in [6, 6.07) is 10.5. The zero-order valence-corrected chi connectivity index (χ0v) is 11.4. The van der Waals surface area contributed by atoms with Crippen LogP contribution in [0.15, 0.2) is 46.9 Å². The van der Waals surface area contributed by atoms with Crippen molar-refractivity contribution in [2.45, 2.75) is 0 Å². The van der Waals surface area contributed by atoms with Crippen molar-refractivity contribution in [1.29, 1.82) is 0 Å². The van der Waals surface area contributed by atoms with E-state index in [-0.39, 0.29) is 11.7 Å². The molecule has 2 rings (SSSR count). The predicted octanol–water partition coefficient (Wildman–Crippen LogP) is 4.49. The van der Waals surface area contributed by atoms with Crippen LogP contribution in [0.4, 0.5) is 10.1 Å². The first-order valence-electron chi connectivity index (χ1n) is 5.09. The number of hydrogen-bond acceptors (Lipinski definition) is 1. The van der Waals surface area contributed by atoms with Gasteiger partial charge in [0.05, 0.1) is 15.2 Å². The molecule has 2 nitrogen and oxygen atoms in total. The summed E-state index contributed by atoms with van der Waals surface area (Å²) >= 11 is 9.20. The van der Waals surface area contributed by atoms with Gasteiger partial charge in [-0.15, -0.1) is 0 Å². The van der Waals surface area contributed by atoms with Gasteiger partial charge in [0.2, 0.25) is 0 Å². The highest BCUT2D eigenvalue weighted by atomic mass is 79.9. The maximum atomic E-state index is 12.7. The summed E-state index contributed by atoms with van der Waals surface area (Å²) in [5.74, 6) is -0.701. The number of rotatable bonds is 2. The summed E-state index contributed by atoms with van der Waals surface area (Å²) in [4.78, 5) is 11.9. The van der Waals surface area contributed by atoms with Gasteiger partial charge in [-0.2, -0.15) is 0 Å². The topological polar surface area (TPSA) is 29.1 Å². The molecule has 0 bridgehead atoms. The zero-order valence-electron chi connectivity index (χ0n) is 9.08. The molecular weight excluding hydrogens is 321 g/mol. The molecule has 0 saturated carbocycles. The van der Waals surface area contributed by atoms with Crippen LogP contribution in [0.25, 0.3) is 0 Å². The number of amides is 1. The standard InChI is InChI=1S/C13H8BrClFNO/c14-12-10(15)2-1-3-11(12)17-13(18)8-4-6-9(16)7-5-8/h1-7H,(H,17,18). The molecule has 0 aliphatic rings. The normalized spacial score (nSPS) is 10.2. The molecule has 1 amide bonds. The summed E-state index contributed by atoms with van der Waals surface area (Å²) in [5, 5.41) is 3.20. The second-order valence-corrected chi connectivity index (χ2v) is 4.76. The maximum absolute atomic E-state index is 12.7. The molecule has 0 fully saturated rings. The highest BCUT2D eigenvalue weighted by Gasteiger charge is 2.09. The van der Waals surface area contributed by atoms with Crippen molar-refractivity contribution in [3.8, 4) is 0 Å². The van der Waals surface area contributed by atoms with Gasteiger partial charge in [-0.25, -0.2) is 4.39 Å². The van der Waals surface area contributed by atoms with Crippen molar-refractivity contribution in [2.24, 2.45) is 0 Å². The van der Waals surface area contributed by atoms with Crippen LogP contribution in [0.1, 0.15) is 10.4 Å². The largest absolute Gasteiger partial charge is 0.321 e. The Bertz CT molecular complexity index is 586. The Morgan fingerprint density at radius 1 is 1.17 bits per heavy atom. The van der Waals surface area contributed by atoms with Gasteiger partial charge < -0.3 is 5.32 Å². The fourth-order valence-corrected chi connectivity index (χ4v) is 1.93. The summed E-state index contributed by atoms with van der Waals surface area (Å²) < 4.78 is 13.4. The lowest BCUT2D eigenvalue weighted by molar-refractivity contribution is 0.102. The molecule has 0 saturated heterocycles. The number of hydrogen-bond donors (Lipinski definition) is 1. The lowest BCUT2D eigenvalue weighted by Gasteiger charge is -2.08. The SMILES string of the molecule is O=C(Nc1cccc(Cl)c1Br)c1ccc(F)cc1. The molecule has 0 heterocycles. The van der Waals surface area contributed by atoms with Crippen molar-refractivity contribution >= 4 is 39.1 Å². The average Bonchev–Trinajstić information content (AvgIpc) is 2.36. The molecule has 0 unspecified atom stereocenters. The molecule has 0 spiro atoms. The van der Waals surface area contributed by atoms with Gasteiger partial charge in [0.15, 0.2) is 0 Å². The average molecular weight is 329 g/mol. The maximum Gasteiger partial charge on any atom is 0.255 e. The van der Waals surface area contributed by atoms with E-state index in [0.717, 1.165) is 0 Å². The van der Waals surface area contributed by atoms with Crippen LogP contribution in [-0.2, 0) is 0 Å². The van der Waals surface area contributed by atoms with Crippen LogP contribution >= 0.6 is 27.5 Å². The number of anilines is 1. The second-order valence-electron chi connectivity index (χ2n) is 3.56. The fourth-order valence-electron chi connectivity index (χ4n) is 1.40. The van der Waals surface area contributed by atoms with E-state index < -0.39 is 0 Å². The van der Waals surface area contributed by atoms with Crippen LogP contribution in [0.3, 0.4) is 0 Å². The first kappa shape index (κ1) is 13.1. The van der Waals surface area contributed by atoms with Crippen LogP contribution < -0.4 is 5.32 Å². The monoisotopic (exact) mass is 327 g/mol. The molecule has 0 radical (unpaired) electrons. The molecule has 1 N–H and O–H groups in total.